The van der Waals surface area contributed by atoms with Gasteiger partial charge in [-0.25, -0.2) is 0 Å². The summed E-state index contributed by atoms with van der Waals surface area (Å²) in [6.07, 6.45) is -0.484. The van der Waals surface area contributed by atoms with Crippen LogP contribution in [0, 0.1) is 0 Å². The predicted octanol–water partition coefficient (Wildman–Crippen LogP) is 2.26. The normalized spacial score (nSPS) is 19.6. The Bertz CT molecular complexity index is 470. The summed E-state index contributed by atoms with van der Waals surface area (Å²) >= 11 is 3.47. The van der Waals surface area contributed by atoms with Crippen LogP contribution in [0.25, 0.3) is 0 Å². The molecule has 110 valence electrons. The number of ether oxygens (including phenoxy) is 2. The van der Waals surface area contributed by atoms with E-state index in [0.29, 0.717) is 26.4 Å². The van der Waals surface area contributed by atoms with E-state index in [4.69, 9.17) is 9.47 Å². The van der Waals surface area contributed by atoms with Gasteiger partial charge in [0.05, 0.1) is 19.8 Å². The summed E-state index contributed by atoms with van der Waals surface area (Å²) in [5.74, 6) is -0.104. The third-order valence-electron chi connectivity index (χ3n) is 3.42. The van der Waals surface area contributed by atoms with Crippen molar-refractivity contribution in [2.24, 2.45) is 0 Å². The molecule has 0 bridgehead atoms. The number of carbonyl (C=O) groups is 1. The Balaban J connectivity index is 1.93. The van der Waals surface area contributed by atoms with Gasteiger partial charge in [0.25, 0.3) is 5.91 Å². The highest BCUT2D eigenvalue weighted by Crippen LogP contribution is 2.25. The highest BCUT2D eigenvalue weighted by Gasteiger charge is 2.26. The second kappa shape index (κ2) is 6.70. The van der Waals surface area contributed by atoms with Crippen LogP contribution in [0.15, 0.2) is 28.7 Å². The second-order valence-corrected chi connectivity index (χ2v) is 6.46. The highest BCUT2D eigenvalue weighted by molar-refractivity contribution is 9.10. The van der Waals surface area contributed by atoms with Crippen LogP contribution in [-0.2, 0) is 19.7 Å². The number of amides is 1. The van der Waals surface area contributed by atoms with Crippen LogP contribution in [0.1, 0.15) is 19.4 Å². The first-order valence-corrected chi connectivity index (χ1v) is 7.51. The van der Waals surface area contributed by atoms with Crippen LogP contribution in [0.4, 0.5) is 0 Å². The Morgan fingerprint density at radius 3 is 2.90 bits per heavy atom. The molecule has 1 aromatic rings. The first-order chi connectivity index (χ1) is 9.49. The van der Waals surface area contributed by atoms with E-state index >= 15 is 0 Å². The van der Waals surface area contributed by atoms with Crippen molar-refractivity contribution in [1.29, 1.82) is 0 Å². The van der Waals surface area contributed by atoms with Gasteiger partial charge in [0.2, 0.25) is 0 Å². The summed E-state index contributed by atoms with van der Waals surface area (Å²) in [4.78, 5) is 12.0. The van der Waals surface area contributed by atoms with Gasteiger partial charge < -0.3 is 14.8 Å². The van der Waals surface area contributed by atoms with Crippen molar-refractivity contribution in [3.05, 3.63) is 34.3 Å². The van der Waals surface area contributed by atoms with Crippen molar-refractivity contribution in [3.8, 4) is 0 Å². The van der Waals surface area contributed by atoms with E-state index in [2.05, 4.69) is 47.2 Å². The van der Waals surface area contributed by atoms with Crippen molar-refractivity contribution >= 4 is 21.8 Å². The number of halogens is 1. The maximum absolute atomic E-state index is 12.0. The molecular weight excluding hydrogens is 322 g/mol. The van der Waals surface area contributed by atoms with Gasteiger partial charge in [-0.05, 0) is 17.7 Å². The molecule has 1 amide bonds. The maximum atomic E-state index is 12.0. The first-order valence-electron chi connectivity index (χ1n) is 6.72. The quantitative estimate of drug-likeness (QED) is 0.913. The van der Waals surface area contributed by atoms with Crippen LogP contribution in [0.5, 0.6) is 0 Å². The smallest absolute Gasteiger partial charge is 0.251 e. The predicted molar refractivity (Wildman–Crippen MR) is 80.7 cm³/mol. The molecule has 0 saturated carbocycles. The zero-order valence-corrected chi connectivity index (χ0v) is 13.4. The zero-order valence-electron chi connectivity index (χ0n) is 11.8. The fraction of sp³-hybridized carbons (Fsp3) is 0.533. The van der Waals surface area contributed by atoms with Crippen molar-refractivity contribution in [1.82, 2.24) is 5.32 Å². The number of carbonyl (C=O) groups excluding carboxylic acids is 1. The van der Waals surface area contributed by atoms with E-state index in [1.807, 2.05) is 12.1 Å². The van der Waals surface area contributed by atoms with E-state index in [1.54, 1.807) is 0 Å². The van der Waals surface area contributed by atoms with Gasteiger partial charge in [-0.1, -0.05) is 41.9 Å². The van der Waals surface area contributed by atoms with Gasteiger partial charge in [0.15, 0.2) is 6.10 Å². The second-order valence-electron chi connectivity index (χ2n) is 5.55. The third kappa shape index (κ3) is 4.04. The minimum Gasteiger partial charge on any atom is -0.376 e. The van der Waals surface area contributed by atoms with Gasteiger partial charge in [0, 0.05) is 16.4 Å². The van der Waals surface area contributed by atoms with Crippen LogP contribution in [0.3, 0.4) is 0 Å². The molecule has 1 heterocycles. The topological polar surface area (TPSA) is 47.6 Å². The summed E-state index contributed by atoms with van der Waals surface area (Å²) in [6.45, 7) is 6.15. The maximum Gasteiger partial charge on any atom is 0.251 e. The Kier molecular flexibility index (Phi) is 5.18. The van der Waals surface area contributed by atoms with Gasteiger partial charge in [-0.2, -0.15) is 0 Å². The van der Waals surface area contributed by atoms with E-state index < -0.39 is 6.10 Å². The van der Waals surface area contributed by atoms with Gasteiger partial charge in [-0.3, -0.25) is 4.79 Å². The van der Waals surface area contributed by atoms with E-state index in [-0.39, 0.29) is 11.3 Å². The molecule has 0 aliphatic carbocycles. The average Bonchev–Trinajstić information content (AvgIpc) is 2.46. The highest BCUT2D eigenvalue weighted by atomic mass is 79.9. The van der Waals surface area contributed by atoms with Gasteiger partial charge in [0.1, 0.15) is 0 Å². The standard InChI is InChI=1S/C15H20BrNO3/c1-15(2,11-4-3-5-12(16)8-11)10-17-14(18)13-9-19-6-7-20-13/h3-5,8,13H,6-7,9-10H2,1-2H3,(H,17,18)/t13-/m0/s1. The molecule has 1 aliphatic heterocycles. The fourth-order valence-corrected chi connectivity index (χ4v) is 2.47. The molecule has 0 aromatic heterocycles. The molecule has 1 fully saturated rings. The van der Waals surface area contributed by atoms with Crippen molar-refractivity contribution in [2.45, 2.75) is 25.4 Å². The fourth-order valence-electron chi connectivity index (χ4n) is 2.07. The number of benzene rings is 1. The molecule has 1 N–H and O–H groups in total. The zero-order chi connectivity index (χ0) is 14.6. The van der Waals surface area contributed by atoms with E-state index in [1.165, 1.54) is 5.56 Å². The molecule has 20 heavy (non-hydrogen) atoms. The molecule has 2 rings (SSSR count). The molecule has 0 unspecified atom stereocenters. The molecule has 1 aromatic carbocycles. The summed E-state index contributed by atoms with van der Waals surface area (Å²) in [5.41, 5.74) is 1.03. The summed E-state index contributed by atoms with van der Waals surface area (Å²) in [6, 6.07) is 8.13. The molecule has 0 radical (unpaired) electrons. The van der Waals surface area contributed by atoms with Crippen molar-refractivity contribution < 1.29 is 14.3 Å². The van der Waals surface area contributed by atoms with Gasteiger partial charge in [-0.15, -0.1) is 0 Å². The van der Waals surface area contributed by atoms with Crippen LogP contribution >= 0.6 is 15.9 Å². The van der Waals surface area contributed by atoms with Crippen molar-refractivity contribution in [2.75, 3.05) is 26.4 Å². The number of rotatable bonds is 4. The summed E-state index contributed by atoms with van der Waals surface area (Å²) in [5, 5.41) is 2.95. The molecule has 0 spiro atoms. The molecule has 1 atom stereocenters. The van der Waals surface area contributed by atoms with Crippen LogP contribution in [-0.4, -0.2) is 38.4 Å². The number of nitrogens with one attached hydrogen (secondary N) is 1. The largest absolute Gasteiger partial charge is 0.376 e. The lowest BCUT2D eigenvalue weighted by molar-refractivity contribution is -0.147. The van der Waals surface area contributed by atoms with E-state index in [9.17, 15) is 4.79 Å². The third-order valence-corrected chi connectivity index (χ3v) is 3.91. The average molecular weight is 342 g/mol. The molecule has 1 saturated heterocycles. The lowest BCUT2D eigenvalue weighted by Crippen LogP contribution is -2.46. The molecule has 5 heteroatoms. The van der Waals surface area contributed by atoms with E-state index in [0.717, 1.165) is 4.47 Å². The molecule has 1 aliphatic rings. The lowest BCUT2D eigenvalue weighted by Gasteiger charge is -2.28. The number of hydrogen-bond donors (Lipinski definition) is 1. The Morgan fingerprint density at radius 2 is 2.25 bits per heavy atom. The summed E-state index contributed by atoms with van der Waals surface area (Å²) < 4.78 is 11.7. The minimum atomic E-state index is -0.484. The lowest BCUT2D eigenvalue weighted by atomic mass is 9.84. The monoisotopic (exact) mass is 341 g/mol. The van der Waals surface area contributed by atoms with Crippen molar-refractivity contribution in [3.63, 3.8) is 0 Å². The molecule has 4 nitrogen and oxygen atoms in total. The number of hydrogen-bond acceptors (Lipinski definition) is 3. The molecular formula is C15H20BrNO3. The first kappa shape index (κ1) is 15.5. The Morgan fingerprint density at radius 1 is 1.45 bits per heavy atom. The van der Waals surface area contributed by atoms with Crippen LogP contribution in [0.2, 0.25) is 0 Å². The van der Waals surface area contributed by atoms with Gasteiger partial charge >= 0.3 is 0 Å². The van der Waals surface area contributed by atoms with Crippen LogP contribution < -0.4 is 5.32 Å². The SMILES string of the molecule is CC(C)(CNC(=O)[C@@H]1COCCO1)c1cccc(Br)c1. The minimum absolute atomic E-state index is 0.104. The summed E-state index contributed by atoms with van der Waals surface area (Å²) in [7, 11) is 0. The Hall–Kier alpha value is -0.910. The Labute approximate surface area is 128 Å².